The highest BCUT2D eigenvalue weighted by Gasteiger charge is 2.85. The summed E-state index contributed by atoms with van der Waals surface area (Å²) in [6.45, 7) is 3.12. The molecule has 0 spiro atoms. The van der Waals surface area contributed by atoms with Crippen LogP contribution in [0.4, 0.5) is 39.5 Å². The van der Waals surface area contributed by atoms with Crippen LogP contribution in [0, 0.1) is 5.92 Å². The van der Waals surface area contributed by atoms with Gasteiger partial charge in [0, 0.05) is 19.0 Å². The molecule has 1 aliphatic rings. The van der Waals surface area contributed by atoms with Crippen molar-refractivity contribution < 1.29 is 47.9 Å². The Kier molecular flexibility index (Phi) is 6.46. The second-order valence-corrected chi connectivity index (χ2v) is 7.74. The van der Waals surface area contributed by atoms with Crippen LogP contribution >= 0.6 is 0 Å². The quantitative estimate of drug-likeness (QED) is 0.355. The molecule has 1 rings (SSSR count). The summed E-state index contributed by atoms with van der Waals surface area (Å²) < 4.78 is 143. The van der Waals surface area contributed by atoms with Gasteiger partial charge in [-0.1, -0.05) is 13.8 Å². The summed E-state index contributed by atoms with van der Waals surface area (Å²) in [4.78, 5) is 1.20. The zero-order valence-corrected chi connectivity index (χ0v) is 15.0. The summed E-state index contributed by atoms with van der Waals surface area (Å²) in [7, 11) is -6.77. The Balaban J connectivity index is 3.49. The lowest BCUT2D eigenvalue weighted by Crippen LogP contribution is -2.63. The minimum Gasteiger partial charge on any atom is -0.359 e. The zero-order valence-electron chi connectivity index (χ0n) is 14.1. The average molecular weight is 436 g/mol. The second-order valence-electron chi connectivity index (χ2n) is 6.09. The fourth-order valence-corrected chi connectivity index (χ4v) is 3.40. The first-order valence-electron chi connectivity index (χ1n) is 7.73. The molecule has 0 aliphatic carbocycles. The molecule has 0 aromatic heterocycles. The van der Waals surface area contributed by atoms with Crippen LogP contribution in [0.3, 0.4) is 0 Å². The van der Waals surface area contributed by atoms with Gasteiger partial charge in [0.1, 0.15) is 5.84 Å². The van der Waals surface area contributed by atoms with E-state index in [9.17, 15) is 47.9 Å². The van der Waals surface area contributed by atoms with Crippen molar-refractivity contribution in [3.63, 3.8) is 0 Å². The van der Waals surface area contributed by atoms with E-state index in [1.165, 1.54) is 18.7 Å². The fraction of sp³-hybridized carbons (Fsp3) is 0.923. The Bertz CT molecular complexity index is 668. The van der Waals surface area contributed by atoms with Crippen LogP contribution in [0.25, 0.3) is 0 Å². The van der Waals surface area contributed by atoms with E-state index in [0.29, 0.717) is 12.8 Å². The molecule has 1 atom stereocenters. The first-order valence-corrected chi connectivity index (χ1v) is 9.17. The number of amidine groups is 1. The molecule has 27 heavy (non-hydrogen) atoms. The van der Waals surface area contributed by atoms with Crippen molar-refractivity contribution >= 4 is 15.9 Å². The monoisotopic (exact) mass is 436 g/mol. The zero-order chi connectivity index (χ0) is 21.5. The molecule has 1 aliphatic heterocycles. The Morgan fingerprint density at radius 1 is 0.963 bits per heavy atom. The standard InChI is InChI=1S/C13H17F9N2O2S/c1-3-8(2)9(24-6-4-5-7-24)23-27(25,26)13(21,22)11(16,17)10(14,15)12(18,19)20/h8H,3-7H2,1-2H3/b23-9-. The Morgan fingerprint density at radius 3 is 1.78 bits per heavy atom. The van der Waals surface area contributed by atoms with E-state index in [-0.39, 0.29) is 19.5 Å². The van der Waals surface area contributed by atoms with E-state index < -0.39 is 45.1 Å². The maximum Gasteiger partial charge on any atom is 0.460 e. The third kappa shape index (κ3) is 3.99. The number of hydrogen-bond acceptors (Lipinski definition) is 2. The van der Waals surface area contributed by atoms with Crippen LogP contribution in [0.2, 0.25) is 0 Å². The smallest absolute Gasteiger partial charge is 0.359 e. The van der Waals surface area contributed by atoms with Gasteiger partial charge in [0.2, 0.25) is 0 Å². The molecule has 1 fully saturated rings. The van der Waals surface area contributed by atoms with E-state index in [1.807, 2.05) is 0 Å². The average Bonchev–Trinajstić information content (AvgIpc) is 3.04. The lowest BCUT2D eigenvalue weighted by Gasteiger charge is -2.32. The summed E-state index contributed by atoms with van der Waals surface area (Å²) >= 11 is 0. The molecule has 0 aromatic carbocycles. The molecule has 1 saturated heterocycles. The molecule has 1 unspecified atom stereocenters. The van der Waals surface area contributed by atoms with Crippen LogP contribution in [-0.4, -0.2) is 55.5 Å². The third-order valence-corrected chi connectivity index (χ3v) is 5.47. The van der Waals surface area contributed by atoms with Crippen LogP contribution < -0.4 is 0 Å². The number of halogens is 9. The molecule has 0 bridgehead atoms. The van der Waals surface area contributed by atoms with Gasteiger partial charge in [-0.3, -0.25) is 0 Å². The third-order valence-electron chi connectivity index (χ3n) is 4.14. The van der Waals surface area contributed by atoms with E-state index in [2.05, 4.69) is 4.40 Å². The summed E-state index contributed by atoms with van der Waals surface area (Å²) in [5, 5.41) is -6.79. The number of sulfonamides is 1. The molecule has 0 amide bonds. The highest BCUT2D eigenvalue weighted by Crippen LogP contribution is 2.55. The Labute approximate surface area is 149 Å². The molecule has 14 heteroatoms. The number of nitrogens with zero attached hydrogens (tertiary/aromatic N) is 2. The maximum absolute atomic E-state index is 13.8. The van der Waals surface area contributed by atoms with Crippen molar-refractivity contribution in [3.8, 4) is 0 Å². The minimum absolute atomic E-state index is 0.130. The molecule has 160 valence electrons. The van der Waals surface area contributed by atoms with Gasteiger partial charge in [-0.05, 0) is 19.3 Å². The normalized spacial score (nSPS) is 19.5. The van der Waals surface area contributed by atoms with Gasteiger partial charge in [0.15, 0.2) is 0 Å². The summed E-state index contributed by atoms with van der Waals surface area (Å²) in [6, 6.07) is 0. The minimum atomic E-state index is -7.30. The first-order chi connectivity index (χ1) is 11.9. The lowest BCUT2D eigenvalue weighted by molar-refractivity contribution is -0.382. The maximum atomic E-state index is 13.8. The van der Waals surface area contributed by atoms with E-state index in [0.717, 1.165) is 0 Å². The summed E-state index contributed by atoms with van der Waals surface area (Å²) in [5.74, 6) is -16.0. The molecular formula is C13H17F9N2O2S. The van der Waals surface area contributed by atoms with E-state index in [4.69, 9.17) is 0 Å². The van der Waals surface area contributed by atoms with Crippen molar-refractivity contribution in [1.29, 1.82) is 0 Å². The Hall–Kier alpha value is -1.21. The van der Waals surface area contributed by atoms with Crippen molar-refractivity contribution in [2.24, 2.45) is 10.3 Å². The van der Waals surface area contributed by atoms with Gasteiger partial charge in [-0.2, -0.15) is 47.9 Å². The Morgan fingerprint density at radius 2 is 1.41 bits per heavy atom. The number of alkyl halides is 9. The lowest BCUT2D eigenvalue weighted by atomic mass is 10.1. The molecule has 0 N–H and O–H groups in total. The van der Waals surface area contributed by atoms with Crippen LogP contribution in [-0.2, 0) is 10.0 Å². The van der Waals surface area contributed by atoms with Gasteiger partial charge in [0.25, 0.3) is 0 Å². The first kappa shape index (κ1) is 23.8. The molecule has 0 aromatic rings. The summed E-state index contributed by atoms with van der Waals surface area (Å²) in [5.41, 5.74) is 0. The predicted molar refractivity (Wildman–Crippen MR) is 77.5 cm³/mol. The number of hydrogen-bond donors (Lipinski definition) is 0. The van der Waals surface area contributed by atoms with Crippen LogP contribution in [0.5, 0.6) is 0 Å². The van der Waals surface area contributed by atoms with E-state index >= 15 is 0 Å². The molecule has 0 saturated carbocycles. The van der Waals surface area contributed by atoms with Gasteiger partial charge in [-0.15, -0.1) is 4.40 Å². The highest BCUT2D eigenvalue weighted by molar-refractivity contribution is 7.91. The predicted octanol–water partition coefficient (Wildman–Crippen LogP) is 4.28. The van der Waals surface area contributed by atoms with Gasteiger partial charge >= 0.3 is 33.3 Å². The molecule has 0 radical (unpaired) electrons. The van der Waals surface area contributed by atoms with Crippen molar-refractivity contribution in [1.82, 2.24) is 4.90 Å². The fourth-order valence-electron chi connectivity index (χ4n) is 2.29. The van der Waals surface area contributed by atoms with Gasteiger partial charge < -0.3 is 4.90 Å². The molecule has 4 nitrogen and oxygen atoms in total. The van der Waals surface area contributed by atoms with Crippen molar-refractivity contribution in [3.05, 3.63) is 0 Å². The van der Waals surface area contributed by atoms with E-state index in [1.54, 1.807) is 0 Å². The van der Waals surface area contributed by atoms with Crippen LogP contribution in [0.1, 0.15) is 33.1 Å². The largest absolute Gasteiger partial charge is 0.460 e. The van der Waals surface area contributed by atoms with Crippen LogP contribution in [0.15, 0.2) is 4.40 Å². The number of likely N-dealkylation sites (tertiary alicyclic amines) is 1. The SMILES string of the molecule is CCC(C)/C(=N/S(=O)(=O)C(F)(F)C(F)(F)C(F)(F)C(F)(F)F)N1CCCC1. The molecular weight excluding hydrogens is 419 g/mol. The summed E-state index contributed by atoms with van der Waals surface area (Å²) in [6.07, 6.45) is -5.96. The molecule has 1 heterocycles. The van der Waals surface area contributed by atoms with Gasteiger partial charge in [-0.25, -0.2) is 0 Å². The topological polar surface area (TPSA) is 49.7 Å². The van der Waals surface area contributed by atoms with Crippen molar-refractivity contribution in [2.75, 3.05) is 13.1 Å². The van der Waals surface area contributed by atoms with Crippen molar-refractivity contribution in [2.45, 2.75) is 56.4 Å². The highest BCUT2D eigenvalue weighted by atomic mass is 32.2. The number of rotatable bonds is 6. The van der Waals surface area contributed by atoms with Gasteiger partial charge in [0.05, 0.1) is 0 Å². The second kappa shape index (κ2) is 7.32.